The summed E-state index contributed by atoms with van der Waals surface area (Å²) < 4.78 is 3.34. The van der Waals surface area contributed by atoms with Crippen LogP contribution in [0.5, 0.6) is 0 Å². The predicted molar refractivity (Wildman–Crippen MR) is 104 cm³/mol. The Labute approximate surface area is 154 Å². The zero-order chi connectivity index (χ0) is 18.5. The first-order chi connectivity index (χ1) is 12.6. The summed E-state index contributed by atoms with van der Waals surface area (Å²) in [6.45, 7) is 2.94. The van der Waals surface area contributed by atoms with E-state index < -0.39 is 0 Å². The molecule has 6 heteroatoms. The van der Waals surface area contributed by atoms with Crippen LogP contribution < -0.4 is 16.2 Å². The van der Waals surface area contributed by atoms with Crippen LogP contribution in [0.2, 0.25) is 0 Å². The summed E-state index contributed by atoms with van der Waals surface area (Å²) in [6, 6.07) is 9.43. The maximum Gasteiger partial charge on any atom is 0.295 e. The SMILES string of the molecule is Cc1c(NC(=O)CNCC2CCCCC2)c(=O)n(-c2ccccc2)n1C. The van der Waals surface area contributed by atoms with E-state index in [1.165, 1.54) is 32.1 Å². The molecule has 0 unspecified atom stereocenters. The molecule has 2 aromatic rings. The zero-order valence-electron chi connectivity index (χ0n) is 15.6. The fraction of sp³-hybridized carbons (Fsp3) is 0.500. The second kappa shape index (κ2) is 8.36. The Morgan fingerprint density at radius 2 is 1.85 bits per heavy atom. The highest BCUT2D eigenvalue weighted by molar-refractivity contribution is 5.92. The number of anilines is 1. The third kappa shape index (κ3) is 4.07. The molecule has 0 bridgehead atoms. The van der Waals surface area contributed by atoms with Gasteiger partial charge in [0.15, 0.2) is 0 Å². The first kappa shape index (κ1) is 18.5. The van der Waals surface area contributed by atoms with Crippen LogP contribution in [0.15, 0.2) is 35.1 Å². The van der Waals surface area contributed by atoms with Crippen molar-refractivity contribution in [3.63, 3.8) is 0 Å². The van der Waals surface area contributed by atoms with Gasteiger partial charge in [-0.05, 0) is 44.4 Å². The number of aromatic nitrogens is 2. The Morgan fingerprint density at radius 3 is 2.54 bits per heavy atom. The Balaban J connectivity index is 1.64. The fourth-order valence-electron chi connectivity index (χ4n) is 3.68. The molecule has 1 saturated carbocycles. The van der Waals surface area contributed by atoms with Crippen molar-refractivity contribution < 1.29 is 4.79 Å². The van der Waals surface area contributed by atoms with E-state index in [1.54, 1.807) is 9.36 Å². The van der Waals surface area contributed by atoms with E-state index in [2.05, 4.69) is 10.6 Å². The largest absolute Gasteiger partial charge is 0.319 e. The van der Waals surface area contributed by atoms with Crippen molar-refractivity contribution >= 4 is 11.6 Å². The van der Waals surface area contributed by atoms with Crippen molar-refractivity contribution in [3.8, 4) is 5.69 Å². The summed E-state index contributed by atoms with van der Waals surface area (Å²) in [4.78, 5) is 25.1. The minimum atomic E-state index is -0.211. The Bertz CT molecular complexity index is 801. The molecule has 0 saturated heterocycles. The number of rotatable bonds is 6. The van der Waals surface area contributed by atoms with E-state index in [-0.39, 0.29) is 18.0 Å². The zero-order valence-corrected chi connectivity index (χ0v) is 15.6. The number of nitrogens with one attached hydrogen (secondary N) is 2. The molecule has 1 aromatic heterocycles. The fourth-order valence-corrected chi connectivity index (χ4v) is 3.68. The second-order valence-corrected chi connectivity index (χ2v) is 7.12. The molecule has 1 aliphatic rings. The van der Waals surface area contributed by atoms with Gasteiger partial charge in [-0.25, -0.2) is 4.68 Å². The molecule has 1 fully saturated rings. The number of amides is 1. The second-order valence-electron chi connectivity index (χ2n) is 7.12. The molecule has 3 rings (SSSR count). The summed E-state index contributed by atoms with van der Waals surface area (Å²) >= 11 is 0. The average Bonchev–Trinajstić information content (AvgIpc) is 2.87. The van der Waals surface area contributed by atoms with Gasteiger partial charge in [-0.3, -0.25) is 14.3 Å². The molecule has 1 aromatic carbocycles. The van der Waals surface area contributed by atoms with Crippen LogP contribution >= 0.6 is 0 Å². The smallest absolute Gasteiger partial charge is 0.295 e. The molecule has 26 heavy (non-hydrogen) atoms. The predicted octanol–water partition coefficient (Wildman–Crippen LogP) is 2.59. The summed E-state index contributed by atoms with van der Waals surface area (Å²) in [5, 5.41) is 6.03. The lowest BCUT2D eigenvalue weighted by Gasteiger charge is -2.21. The topological polar surface area (TPSA) is 68.1 Å². The van der Waals surface area contributed by atoms with Crippen molar-refractivity contribution in [2.75, 3.05) is 18.4 Å². The van der Waals surface area contributed by atoms with Crippen LogP contribution in [0.1, 0.15) is 37.8 Å². The summed E-state index contributed by atoms with van der Waals surface area (Å²) in [5.41, 5.74) is 1.65. The molecular formula is C20H28N4O2. The van der Waals surface area contributed by atoms with E-state index >= 15 is 0 Å². The first-order valence-electron chi connectivity index (χ1n) is 9.42. The van der Waals surface area contributed by atoms with Gasteiger partial charge in [-0.2, -0.15) is 0 Å². The minimum Gasteiger partial charge on any atom is -0.319 e. The molecule has 6 nitrogen and oxygen atoms in total. The van der Waals surface area contributed by atoms with Gasteiger partial charge in [0, 0.05) is 7.05 Å². The highest BCUT2D eigenvalue weighted by atomic mass is 16.2. The van der Waals surface area contributed by atoms with E-state index in [9.17, 15) is 9.59 Å². The number of carbonyl (C=O) groups excluding carboxylic acids is 1. The number of hydrogen-bond donors (Lipinski definition) is 2. The maximum absolute atomic E-state index is 12.8. The highest BCUT2D eigenvalue weighted by Crippen LogP contribution is 2.22. The number of nitrogens with zero attached hydrogens (tertiary/aromatic N) is 2. The van der Waals surface area contributed by atoms with Crippen molar-refractivity contribution in [3.05, 3.63) is 46.4 Å². The summed E-state index contributed by atoms with van der Waals surface area (Å²) in [6.07, 6.45) is 6.40. The molecule has 1 aliphatic carbocycles. The third-order valence-corrected chi connectivity index (χ3v) is 5.26. The molecule has 1 amide bonds. The highest BCUT2D eigenvalue weighted by Gasteiger charge is 2.18. The quantitative estimate of drug-likeness (QED) is 0.836. The van der Waals surface area contributed by atoms with Gasteiger partial charge >= 0.3 is 0 Å². The number of para-hydroxylation sites is 1. The normalized spacial score (nSPS) is 15.2. The van der Waals surface area contributed by atoms with E-state index in [4.69, 9.17) is 0 Å². The third-order valence-electron chi connectivity index (χ3n) is 5.26. The van der Waals surface area contributed by atoms with Crippen molar-refractivity contribution in [1.82, 2.24) is 14.7 Å². The van der Waals surface area contributed by atoms with Gasteiger partial charge in [0.25, 0.3) is 5.56 Å². The van der Waals surface area contributed by atoms with Gasteiger partial charge < -0.3 is 10.6 Å². The first-order valence-corrected chi connectivity index (χ1v) is 9.42. The van der Waals surface area contributed by atoms with E-state index in [0.717, 1.165) is 17.9 Å². The van der Waals surface area contributed by atoms with Gasteiger partial charge in [-0.15, -0.1) is 0 Å². The van der Waals surface area contributed by atoms with Crippen LogP contribution in [0.3, 0.4) is 0 Å². The van der Waals surface area contributed by atoms with Gasteiger partial charge in [0.05, 0.1) is 17.9 Å². The Hall–Kier alpha value is -2.34. The van der Waals surface area contributed by atoms with E-state index in [1.807, 2.05) is 44.3 Å². The lowest BCUT2D eigenvalue weighted by Crippen LogP contribution is -2.33. The monoisotopic (exact) mass is 356 g/mol. The molecule has 0 aliphatic heterocycles. The summed E-state index contributed by atoms with van der Waals surface area (Å²) in [5.74, 6) is 0.497. The van der Waals surface area contributed by atoms with Crippen LogP contribution in [-0.2, 0) is 11.8 Å². The van der Waals surface area contributed by atoms with Crippen LogP contribution in [0.25, 0.3) is 5.69 Å². The van der Waals surface area contributed by atoms with Crippen LogP contribution in [-0.4, -0.2) is 28.4 Å². The lowest BCUT2D eigenvalue weighted by atomic mass is 9.89. The van der Waals surface area contributed by atoms with E-state index in [0.29, 0.717) is 11.6 Å². The lowest BCUT2D eigenvalue weighted by molar-refractivity contribution is -0.115. The van der Waals surface area contributed by atoms with Gasteiger partial charge in [0.1, 0.15) is 5.69 Å². The Kier molecular flexibility index (Phi) is 5.93. The molecule has 0 atom stereocenters. The standard InChI is InChI=1S/C20H28N4O2/c1-15-19(20(26)24(23(15)2)17-11-7-4-8-12-17)22-18(25)14-21-13-16-9-5-3-6-10-16/h4,7-8,11-12,16,21H,3,5-6,9-10,13-14H2,1-2H3,(H,22,25). The van der Waals surface area contributed by atoms with Crippen LogP contribution in [0.4, 0.5) is 5.69 Å². The number of hydrogen-bond acceptors (Lipinski definition) is 3. The van der Waals surface area contributed by atoms with Crippen LogP contribution in [0, 0.1) is 12.8 Å². The molecule has 0 spiro atoms. The minimum absolute atomic E-state index is 0.174. The maximum atomic E-state index is 12.8. The summed E-state index contributed by atoms with van der Waals surface area (Å²) in [7, 11) is 1.82. The molecule has 140 valence electrons. The van der Waals surface area contributed by atoms with Gasteiger partial charge in [0.2, 0.25) is 5.91 Å². The molecule has 2 N–H and O–H groups in total. The van der Waals surface area contributed by atoms with Crippen molar-refractivity contribution in [1.29, 1.82) is 0 Å². The van der Waals surface area contributed by atoms with Crippen molar-refractivity contribution in [2.45, 2.75) is 39.0 Å². The average molecular weight is 356 g/mol. The molecule has 1 heterocycles. The molecular weight excluding hydrogens is 328 g/mol. The van der Waals surface area contributed by atoms with Crippen molar-refractivity contribution in [2.24, 2.45) is 13.0 Å². The number of benzene rings is 1. The number of carbonyl (C=O) groups is 1. The van der Waals surface area contributed by atoms with Gasteiger partial charge in [-0.1, -0.05) is 37.5 Å². The molecule has 0 radical (unpaired) electrons. The Morgan fingerprint density at radius 1 is 1.15 bits per heavy atom.